The van der Waals surface area contributed by atoms with E-state index >= 15 is 0 Å². The third-order valence-electron chi connectivity index (χ3n) is 4.72. The number of alkyl halides is 3. The molecule has 1 N–H and O–H groups in total. The first-order chi connectivity index (χ1) is 14.1. The SMILES string of the molecule is COC(=O)C(C)(C)COC1=CCC(c2ccc(-c3ncc(C(F)(F)F)[nH]3)cn2)C=C1. The van der Waals surface area contributed by atoms with E-state index in [1.54, 1.807) is 26.0 Å². The molecule has 30 heavy (non-hydrogen) atoms. The van der Waals surface area contributed by atoms with Gasteiger partial charge in [0.2, 0.25) is 0 Å². The van der Waals surface area contributed by atoms with E-state index in [-0.39, 0.29) is 24.3 Å². The maximum atomic E-state index is 12.7. The second-order valence-electron chi connectivity index (χ2n) is 7.59. The van der Waals surface area contributed by atoms with Gasteiger partial charge in [-0.05, 0) is 44.6 Å². The molecule has 160 valence electrons. The van der Waals surface area contributed by atoms with Crippen molar-refractivity contribution in [2.75, 3.05) is 13.7 Å². The van der Waals surface area contributed by atoms with Crippen LogP contribution < -0.4 is 0 Å². The van der Waals surface area contributed by atoms with Gasteiger partial charge in [0, 0.05) is 23.4 Å². The van der Waals surface area contributed by atoms with E-state index in [1.165, 1.54) is 13.3 Å². The summed E-state index contributed by atoms with van der Waals surface area (Å²) in [7, 11) is 1.34. The Morgan fingerprint density at radius 3 is 2.53 bits per heavy atom. The number of carbonyl (C=O) groups is 1. The molecule has 0 spiro atoms. The number of esters is 1. The van der Waals surface area contributed by atoms with Gasteiger partial charge in [-0.15, -0.1) is 0 Å². The molecule has 2 aromatic heterocycles. The summed E-state index contributed by atoms with van der Waals surface area (Å²) in [5.41, 5.74) is -0.401. The van der Waals surface area contributed by atoms with Crippen LogP contribution in [0.2, 0.25) is 0 Å². The Morgan fingerprint density at radius 1 is 1.23 bits per heavy atom. The maximum absolute atomic E-state index is 12.7. The number of methoxy groups -OCH3 is 1. The van der Waals surface area contributed by atoms with Gasteiger partial charge in [-0.3, -0.25) is 9.78 Å². The first-order valence-corrected chi connectivity index (χ1v) is 9.28. The van der Waals surface area contributed by atoms with E-state index < -0.39 is 17.3 Å². The largest absolute Gasteiger partial charge is 0.493 e. The highest BCUT2D eigenvalue weighted by Gasteiger charge is 2.33. The number of imidazole rings is 1. The summed E-state index contributed by atoms with van der Waals surface area (Å²) in [6.07, 6.45) is 4.11. The van der Waals surface area contributed by atoms with E-state index in [0.29, 0.717) is 17.7 Å². The fraction of sp³-hybridized carbons (Fsp3) is 0.381. The highest BCUT2D eigenvalue weighted by Crippen LogP contribution is 2.31. The lowest BCUT2D eigenvalue weighted by molar-refractivity contribution is -0.153. The van der Waals surface area contributed by atoms with Gasteiger partial charge in [0.25, 0.3) is 0 Å². The minimum atomic E-state index is -4.47. The molecule has 1 aliphatic carbocycles. The zero-order valence-electron chi connectivity index (χ0n) is 16.8. The fourth-order valence-electron chi connectivity index (χ4n) is 2.90. The molecule has 0 bridgehead atoms. The predicted molar refractivity (Wildman–Crippen MR) is 103 cm³/mol. The Hall–Kier alpha value is -3.10. The minimum Gasteiger partial charge on any atom is -0.493 e. The number of allylic oxidation sites excluding steroid dienone is 3. The number of carbonyl (C=O) groups excluding carboxylic acids is 1. The van der Waals surface area contributed by atoms with Crippen molar-refractivity contribution in [1.82, 2.24) is 15.0 Å². The van der Waals surface area contributed by atoms with Crippen molar-refractivity contribution in [3.8, 4) is 11.4 Å². The molecule has 0 aromatic carbocycles. The number of hydrogen-bond donors (Lipinski definition) is 1. The van der Waals surface area contributed by atoms with Crippen LogP contribution in [0, 0.1) is 5.41 Å². The zero-order chi connectivity index (χ0) is 21.9. The van der Waals surface area contributed by atoms with Crippen LogP contribution in [-0.4, -0.2) is 34.6 Å². The summed E-state index contributed by atoms with van der Waals surface area (Å²) in [6.45, 7) is 3.68. The average Bonchev–Trinajstić information content (AvgIpc) is 3.23. The van der Waals surface area contributed by atoms with Crippen LogP contribution >= 0.6 is 0 Å². The normalized spacial score (nSPS) is 16.9. The number of aromatic nitrogens is 3. The molecule has 1 unspecified atom stereocenters. The lowest BCUT2D eigenvalue weighted by atomic mass is 9.94. The lowest BCUT2D eigenvalue weighted by Crippen LogP contribution is -2.30. The van der Waals surface area contributed by atoms with E-state index in [1.807, 2.05) is 18.2 Å². The van der Waals surface area contributed by atoms with Crippen LogP contribution in [0.3, 0.4) is 0 Å². The minimum absolute atomic E-state index is 0.0161. The lowest BCUT2D eigenvalue weighted by Gasteiger charge is -2.23. The van der Waals surface area contributed by atoms with E-state index in [9.17, 15) is 18.0 Å². The molecule has 1 aliphatic rings. The Balaban J connectivity index is 1.60. The predicted octanol–water partition coefficient (Wildman–Crippen LogP) is 4.63. The Bertz CT molecular complexity index is 960. The van der Waals surface area contributed by atoms with Crippen LogP contribution in [0.15, 0.2) is 48.5 Å². The molecule has 2 heterocycles. The molecule has 0 saturated carbocycles. The number of H-pyrrole nitrogens is 1. The van der Waals surface area contributed by atoms with Crippen molar-refractivity contribution in [2.45, 2.75) is 32.4 Å². The molecule has 0 radical (unpaired) electrons. The number of rotatable bonds is 6. The van der Waals surface area contributed by atoms with Crippen molar-refractivity contribution >= 4 is 5.97 Å². The topological polar surface area (TPSA) is 77.1 Å². The molecule has 1 atom stereocenters. The first-order valence-electron chi connectivity index (χ1n) is 9.28. The van der Waals surface area contributed by atoms with Crippen LogP contribution in [-0.2, 0) is 20.4 Å². The highest BCUT2D eigenvalue weighted by molar-refractivity contribution is 5.75. The van der Waals surface area contributed by atoms with Crippen LogP contribution in [0.5, 0.6) is 0 Å². The maximum Gasteiger partial charge on any atom is 0.432 e. The number of nitrogens with one attached hydrogen (secondary N) is 1. The van der Waals surface area contributed by atoms with E-state index in [4.69, 9.17) is 9.47 Å². The second kappa shape index (κ2) is 8.33. The Labute approximate surface area is 171 Å². The number of pyridine rings is 1. The number of hydrogen-bond acceptors (Lipinski definition) is 5. The van der Waals surface area contributed by atoms with Crippen molar-refractivity contribution in [3.63, 3.8) is 0 Å². The molecule has 0 aliphatic heterocycles. The van der Waals surface area contributed by atoms with Gasteiger partial charge in [-0.1, -0.05) is 6.08 Å². The van der Waals surface area contributed by atoms with Gasteiger partial charge >= 0.3 is 12.1 Å². The summed E-state index contributed by atoms with van der Waals surface area (Å²) in [6, 6.07) is 3.45. The molecule has 9 heteroatoms. The fourth-order valence-corrected chi connectivity index (χ4v) is 2.90. The summed E-state index contributed by atoms with van der Waals surface area (Å²) in [5.74, 6) is 0.450. The number of nitrogens with zero attached hydrogens (tertiary/aromatic N) is 2. The first kappa shape index (κ1) is 21.6. The molecule has 3 rings (SSSR count). The van der Waals surface area contributed by atoms with Gasteiger partial charge in [-0.2, -0.15) is 13.2 Å². The van der Waals surface area contributed by atoms with Gasteiger partial charge in [0.15, 0.2) is 0 Å². The quantitative estimate of drug-likeness (QED) is 0.688. The highest BCUT2D eigenvalue weighted by atomic mass is 19.4. The number of ether oxygens (including phenoxy) is 2. The number of halogens is 3. The molecule has 2 aromatic rings. The van der Waals surface area contributed by atoms with E-state index in [0.717, 1.165) is 11.9 Å². The van der Waals surface area contributed by atoms with Gasteiger partial charge < -0.3 is 14.5 Å². The monoisotopic (exact) mass is 421 g/mol. The number of aromatic amines is 1. The van der Waals surface area contributed by atoms with Crippen LogP contribution in [0.1, 0.15) is 37.6 Å². The van der Waals surface area contributed by atoms with Crippen molar-refractivity contribution in [2.24, 2.45) is 5.41 Å². The molecule has 0 fully saturated rings. The van der Waals surface area contributed by atoms with Gasteiger partial charge in [0.05, 0.1) is 18.7 Å². The molecule has 6 nitrogen and oxygen atoms in total. The van der Waals surface area contributed by atoms with Crippen LogP contribution in [0.25, 0.3) is 11.4 Å². The third kappa shape index (κ3) is 4.90. The van der Waals surface area contributed by atoms with Crippen LogP contribution in [0.4, 0.5) is 13.2 Å². The van der Waals surface area contributed by atoms with Gasteiger partial charge in [-0.25, -0.2) is 4.98 Å². The zero-order valence-corrected chi connectivity index (χ0v) is 16.8. The van der Waals surface area contributed by atoms with Crippen molar-refractivity contribution in [3.05, 3.63) is 59.9 Å². The smallest absolute Gasteiger partial charge is 0.432 e. The second-order valence-corrected chi connectivity index (χ2v) is 7.59. The molecular formula is C21H22F3N3O3. The Morgan fingerprint density at radius 2 is 2.00 bits per heavy atom. The third-order valence-corrected chi connectivity index (χ3v) is 4.72. The summed E-state index contributed by atoms with van der Waals surface area (Å²) in [5, 5.41) is 0. The Kier molecular flexibility index (Phi) is 6.00. The van der Waals surface area contributed by atoms with Crippen molar-refractivity contribution in [1.29, 1.82) is 0 Å². The summed E-state index contributed by atoms with van der Waals surface area (Å²) in [4.78, 5) is 22.1. The standard InChI is InChI=1S/C21H22F3N3O3/c1-20(2,19(28)29-3)12-30-15-7-4-13(5-8-15)16-9-6-14(10-25-16)18-26-11-17(27-18)21(22,23)24/h4,6-11,13H,5,12H2,1-3H3,(H,26,27). The van der Waals surface area contributed by atoms with E-state index in [2.05, 4.69) is 15.0 Å². The molecular weight excluding hydrogens is 399 g/mol. The molecule has 0 amide bonds. The molecule has 0 saturated heterocycles. The van der Waals surface area contributed by atoms with Gasteiger partial charge in [0.1, 0.15) is 23.9 Å². The van der Waals surface area contributed by atoms with Crippen molar-refractivity contribution < 1.29 is 27.4 Å². The summed E-state index contributed by atoms with van der Waals surface area (Å²) < 4.78 is 48.6. The average molecular weight is 421 g/mol. The summed E-state index contributed by atoms with van der Waals surface area (Å²) >= 11 is 0.